The maximum absolute atomic E-state index is 5.12. The average Bonchev–Trinajstić information content (AvgIpc) is 2.47. The minimum absolute atomic E-state index is 0.356. The van der Waals surface area contributed by atoms with Gasteiger partial charge in [-0.15, -0.1) is 0 Å². The zero-order valence-corrected chi connectivity index (χ0v) is 12.5. The molecule has 106 valence electrons. The minimum atomic E-state index is 0.356. The lowest BCUT2D eigenvalue weighted by atomic mass is 10.0. The van der Waals surface area contributed by atoms with Crippen molar-refractivity contribution < 1.29 is 4.74 Å². The van der Waals surface area contributed by atoms with Gasteiger partial charge in [0.05, 0.1) is 6.61 Å². The Labute approximate surface area is 121 Å². The van der Waals surface area contributed by atoms with Crippen LogP contribution in [0, 0.1) is 6.92 Å². The number of rotatable bonds is 6. The third-order valence-corrected chi connectivity index (χ3v) is 3.60. The number of methoxy groups -OCH3 is 1. The Morgan fingerprint density at radius 3 is 2.30 bits per heavy atom. The van der Waals surface area contributed by atoms with Gasteiger partial charge in [0.2, 0.25) is 0 Å². The number of hydrogen-bond acceptors (Lipinski definition) is 2. The summed E-state index contributed by atoms with van der Waals surface area (Å²) in [5.74, 6) is 0. The molecule has 0 aliphatic heterocycles. The van der Waals surface area contributed by atoms with Crippen LogP contribution in [0.3, 0.4) is 0 Å². The van der Waals surface area contributed by atoms with Crippen molar-refractivity contribution in [1.82, 2.24) is 5.32 Å². The third kappa shape index (κ3) is 3.92. The van der Waals surface area contributed by atoms with E-state index >= 15 is 0 Å². The van der Waals surface area contributed by atoms with Crippen LogP contribution < -0.4 is 5.32 Å². The standard InChI is InChI=1S/C18H23NO/c1-14-6-4-5-7-18(14)15(2)19-12-16-8-10-17(11-9-16)13-20-3/h4-11,15,19H,12-13H2,1-3H3/t15-/m1/s1. The van der Waals surface area contributed by atoms with Crippen molar-refractivity contribution in [1.29, 1.82) is 0 Å². The monoisotopic (exact) mass is 269 g/mol. The highest BCUT2D eigenvalue weighted by molar-refractivity contribution is 5.28. The number of benzene rings is 2. The van der Waals surface area contributed by atoms with Crippen LogP contribution >= 0.6 is 0 Å². The van der Waals surface area contributed by atoms with E-state index in [0.29, 0.717) is 12.6 Å². The first-order valence-electron chi connectivity index (χ1n) is 7.06. The Balaban J connectivity index is 1.93. The Morgan fingerprint density at radius 1 is 1.00 bits per heavy atom. The normalized spacial score (nSPS) is 12.3. The second kappa shape index (κ2) is 7.22. The van der Waals surface area contributed by atoms with Gasteiger partial charge >= 0.3 is 0 Å². The molecule has 2 aromatic carbocycles. The lowest BCUT2D eigenvalue weighted by molar-refractivity contribution is 0.185. The maximum atomic E-state index is 5.12. The average molecular weight is 269 g/mol. The van der Waals surface area contributed by atoms with Crippen molar-refractivity contribution in [2.45, 2.75) is 33.0 Å². The summed E-state index contributed by atoms with van der Waals surface area (Å²) in [6.07, 6.45) is 0. The molecule has 0 aliphatic rings. The molecule has 1 N–H and O–H groups in total. The summed E-state index contributed by atoms with van der Waals surface area (Å²) < 4.78 is 5.12. The summed E-state index contributed by atoms with van der Waals surface area (Å²) >= 11 is 0. The molecule has 2 aromatic rings. The summed E-state index contributed by atoms with van der Waals surface area (Å²) in [6.45, 7) is 5.92. The molecule has 2 rings (SSSR count). The third-order valence-electron chi connectivity index (χ3n) is 3.60. The molecule has 0 amide bonds. The molecule has 0 unspecified atom stereocenters. The van der Waals surface area contributed by atoms with Gasteiger partial charge in [0.15, 0.2) is 0 Å². The zero-order chi connectivity index (χ0) is 14.4. The van der Waals surface area contributed by atoms with E-state index in [9.17, 15) is 0 Å². The largest absolute Gasteiger partial charge is 0.380 e. The second-order valence-electron chi connectivity index (χ2n) is 5.21. The van der Waals surface area contributed by atoms with E-state index < -0.39 is 0 Å². The van der Waals surface area contributed by atoms with Crippen molar-refractivity contribution in [3.8, 4) is 0 Å². The predicted molar refractivity (Wildman–Crippen MR) is 83.6 cm³/mol. The number of nitrogens with one attached hydrogen (secondary N) is 1. The summed E-state index contributed by atoms with van der Waals surface area (Å²) in [7, 11) is 1.72. The predicted octanol–water partition coefficient (Wildman–Crippen LogP) is 3.99. The smallest absolute Gasteiger partial charge is 0.0713 e. The molecule has 20 heavy (non-hydrogen) atoms. The molecule has 0 aromatic heterocycles. The molecule has 0 aliphatic carbocycles. The Hall–Kier alpha value is -1.64. The lowest BCUT2D eigenvalue weighted by Crippen LogP contribution is -2.18. The summed E-state index contributed by atoms with van der Waals surface area (Å²) in [5.41, 5.74) is 5.21. The van der Waals surface area contributed by atoms with E-state index in [0.717, 1.165) is 6.54 Å². The fourth-order valence-corrected chi connectivity index (χ4v) is 2.37. The SMILES string of the molecule is COCc1ccc(CN[C@H](C)c2ccccc2C)cc1. The quantitative estimate of drug-likeness (QED) is 0.856. The van der Waals surface area contributed by atoms with Crippen molar-refractivity contribution in [3.05, 3.63) is 70.8 Å². The first-order chi connectivity index (χ1) is 9.70. The van der Waals surface area contributed by atoms with Crippen LogP contribution in [-0.2, 0) is 17.9 Å². The van der Waals surface area contributed by atoms with Gasteiger partial charge in [-0.3, -0.25) is 0 Å². The molecule has 0 bridgehead atoms. The van der Waals surface area contributed by atoms with Gasteiger partial charge in [-0.2, -0.15) is 0 Å². The first kappa shape index (κ1) is 14.8. The van der Waals surface area contributed by atoms with Crippen LogP contribution in [0.2, 0.25) is 0 Å². The summed E-state index contributed by atoms with van der Waals surface area (Å²) in [4.78, 5) is 0. The lowest BCUT2D eigenvalue weighted by Gasteiger charge is -2.16. The highest BCUT2D eigenvalue weighted by atomic mass is 16.5. The van der Waals surface area contributed by atoms with Crippen LogP contribution in [0.4, 0.5) is 0 Å². The van der Waals surface area contributed by atoms with Crippen molar-refractivity contribution in [3.63, 3.8) is 0 Å². The molecule has 0 heterocycles. The van der Waals surface area contributed by atoms with E-state index in [1.165, 1.54) is 22.3 Å². The zero-order valence-electron chi connectivity index (χ0n) is 12.5. The molecule has 0 fully saturated rings. The molecular formula is C18H23NO. The van der Waals surface area contributed by atoms with Gasteiger partial charge in [-0.1, -0.05) is 48.5 Å². The number of ether oxygens (including phenoxy) is 1. The number of hydrogen-bond donors (Lipinski definition) is 1. The highest BCUT2D eigenvalue weighted by Crippen LogP contribution is 2.17. The van der Waals surface area contributed by atoms with E-state index in [1.54, 1.807) is 7.11 Å². The van der Waals surface area contributed by atoms with Crippen LogP contribution in [0.25, 0.3) is 0 Å². The molecule has 2 heteroatoms. The Morgan fingerprint density at radius 2 is 1.65 bits per heavy atom. The first-order valence-corrected chi connectivity index (χ1v) is 7.06. The molecular weight excluding hydrogens is 246 g/mol. The molecule has 1 atom stereocenters. The van der Waals surface area contributed by atoms with Crippen LogP contribution in [0.1, 0.15) is 35.2 Å². The minimum Gasteiger partial charge on any atom is -0.380 e. The summed E-state index contributed by atoms with van der Waals surface area (Å²) in [5, 5.41) is 3.58. The fourth-order valence-electron chi connectivity index (χ4n) is 2.37. The van der Waals surface area contributed by atoms with Gasteiger partial charge in [-0.05, 0) is 36.1 Å². The Kier molecular flexibility index (Phi) is 5.33. The maximum Gasteiger partial charge on any atom is 0.0713 e. The Bertz CT molecular complexity index is 533. The number of aryl methyl sites for hydroxylation is 1. The second-order valence-corrected chi connectivity index (χ2v) is 5.21. The molecule has 0 saturated heterocycles. The van der Waals surface area contributed by atoms with Crippen LogP contribution in [0.5, 0.6) is 0 Å². The van der Waals surface area contributed by atoms with Crippen LogP contribution in [0.15, 0.2) is 48.5 Å². The molecule has 0 spiro atoms. The van der Waals surface area contributed by atoms with Crippen molar-refractivity contribution in [2.24, 2.45) is 0 Å². The molecule has 2 nitrogen and oxygen atoms in total. The van der Waals surface area contributed by atoms with Crippen LogP contribution in [-0.4, -0.2) is 7.11 Å². The van der Waals surface area contributed by atoms with E-state index in [4.69, 9.17) is 4.74 Å². The molecule has 0 radical (unpaired) electrons. The van der Waals surface area contributed by atoms with Gasteiger partial charge in [-0.25, -0.2) is 0 Å². The van der Waals surface area contributed by atoms with E-state index in [-0.39, 0.29) is 0 Å². The van der Waals surface area contributed by atoms with Gasteiger partial charge in [0.25, 0.3) is 0 Å². The van der Waals surface area contributed by atoms with E-state index in [2.05, 4.69) is 67.7 Å². The topological polar surface area (TPSA) is 21.3 Å². The van der Waals surface area contributed by atoms with E-state index in [1.807, 2.05) is 0 Å². The highest BCUT2D eigenvalue weighted by Gasteiger charge is 2.06. The van der Waals surface area contributed by atoms with Crippen molar-refractivity contribution in [2.75, 3.05) is 7.11 Å². The van der Waals surface area contributed by atoms with Gasteiger partial charge in [0.1, 0.15) is 0 Å². The molecule has 0 saturated carbocycles. The van der Waals surface area contributed by atoms with Crippen molar-refractivity contribution >= 4 is 0 Å². The summed E-state index contributed by atoms with van der Waals surface area (Å²) in [6, 6.07) is 17.5. The van der Waals surface area contributed by atoms with Gasteiger partial charge < -0.3 is 10.1 Å². The van der Waals surface area contributed by atoms with Gasteiger partial charge in [0, 0.05) is 19.7 Å². The fraction of sp³-hybridized carbons (Fsp3) is 0.333.